The van der Waals surface area contributed by atoms with Crippen molar-refractivity contribution in [2.24, 2.45) is 0 Å². The van der Waals surface area contributed by atoms with Crippen molar-refractivity contribution in [2.45, 2.75) is 6.92 Å². The first-order chi connectivity index (χ1) is 11.1. The molecule has 1 aliphatic rings. The quantitative estimate of drug-likeness (QED) is 0.740. The summed E-state index contributed by atoms with van der Waals surface area (Å²) in [6, 6.07) is 10.8. The molecule has 3 rings (SSSR count). The van der Waals surface area contributed by atoms with Crippen LogP contribution in [0.2, 0.25) is 0 Å². The Morgan fingerprint density at radius 2 is 2.04 bits per heavy atom. The van der Waals surface area contributed by atoms with Gasteiger partial charge in [-0.3, -0.25) is 4.79 Å². The van der Waals surface area contributed by atoms with Crippen LogP contribution in [-0.2, 0) is 0 Å². The minimum atomic E-state index is -0.148. The molecule has 0 saturated carbocycles. The second-order valence-electron chi connectivity index (χ2n) is 4.92. The molecule has 0 atom stereocenters. The number of ketones is 1. The standard InChI is InChI=1S/C18H15BrO4/c1-3-22-13-5-6-14-16(10-13)23-17(18(14)20)9-11-8-12(19)4-7-15(11)21-2/h4-10H,3H2,1-2H3/b17-9+. The van der Waals surface area contributed by atoms with Gasteiger partial charge >= 0.3 is 0 Å². The van der Waals surface area contributed by atoms with E-state index < -0.39 is 0 Å². The van der Waals surface area contributed by atoms with Gasteiger partial charge in [0.05, 0.1) is 19.3 Å². The van der Waals surface area contributed by atoms with E-state index in [1.165, 1.54) is 0 Å². The first-order valence-electron chi connectivity index (χ1n) is 7.17. The number of fused-ring (bicyclic) bond motifs is 1. The normalized spacial score (nSPS) is 14.6. The van der Waals surface area contributed by atoms with E-state index in [2.05, 4.69) is 15.9 Å². The van der Waals surface area contributed by atoms with Crippen LogP contribution in [0.1, 0.15) is 22.8 Å². The summed E-state index contributed by atoms with van der Waals surface area (Å²) in [6.07, 6.45) is 1.69. The van der Waals surface area contributed by atoms with Crippen LogP contribution in [0.5, 0.6) is 17.2 Å². The zero-order chi connectivity index (χ0) is 16.4. The molecule has 2 aromatic rings. The number of ether oxygens (including phenoxy) is 3. The van der Waals surface area contributed by atoms with Gasteiger partial charge in [-0.05, 0) is 43.3 Å². The number of hydrogen-bond donors (Lipinski definition) is 0. The van der Waals surface area contributed by atoms with Gasteiger partial charge in [0.2, 0.25) is 5.78 Å². The Hall–Kier alpha value is -2.27. The van der Waals surface area contributed by atoms with Gasteiger partial charge in [-0.2, -0.15) is 0 Å². The average molecular weight is 375 g/mol. The highest BCUT2D eigenvalue weighted by molar-refractivity contribution is 9.10. The molecule has 5 heteroatoms. The summed E-state index contributed by atoms with van der Waals surface area (Å²) in [6.45, 7) is 2.47. The Balaban J connectivity index is 1.97. The fourth-order valence-electron chi connectivity index (χ4n) is 2.38. The Labute approximate surface area is 142 Å². The Morgan fingerprint density at radius 3 is 2.78 bits per heavy atom. The van der Waals surface area contributed by atoms with E-state index in [1.54, 1.807) is 31.4 Å². The van der Waals surface area contributed by atoms with Crippen molar-refractivity contribution in [1.82, 2.24) is 0 Å². The molecule has 0 radical (unpaired) electrons. The molecule has 118 valence electrons. The summed E-state index contributed by atoms with van der Waals surface area (Å²) in [7, 11) is 1.59. The van der Waals surface area contributed by atoms with Crippen molar-refractivity contribution >= 4 is 27.8 Å². The van der Waals surface area contributed by atoms with Crippen LogP contribution in [0.4, 0.5) is 0 Å². The average Bonchev–Trinajstić information content (AvgIpc) is 2.84. The van der Waals surface area contributed by atoms with Gasteiger partial charge in [0.25, 0.3) is 0 Å². The number of carbonyl (C=O) groups excluding carboxylic acids is 1. The van der Waals surface area contributed by atoms with E-state index in [-0.39, 0.29) is 11.5 Å². The largest absolute Gasteiger partial charge is 0.496 e. The molecule has 2 aromatic carbocycles. The number of carbonyl (C=O) groups is 1. The SMILES string of the molecule is CCOc1ccc2c(c1)O/C(=C/c1cc(Br)ccc1OC)C2=O. The number of halogens is 1. The highest BCUT2D eigenvalue weighted by atomic mass is 79.9. The monoisotopic (exact) mass is 374 g/mol. The van der Waals surface area contributed by atoms with Crippen LogP contribution in [0, 0.1) is 0 Å². The van der Waals surface area contributed by atoms with Crippen molar-refractivity contribution < 1.29 is 19.0 Å². The third kappa shape index (κ3) is 3.10. The second-order valence-corrected chi connectivity index (χ2v) is 5.83. The second kappa shape index (κ2) is 6.46. The molecule has 0 N–H and O–H groups in total. The Morgan fingerprint density at radius 1 is 1.22 bits per heavy atom. The Kier molecular flexibility index (Phi) is 4.39. The van der Waals surface area contributed by atoms with Gasteiger partial charge in [-0.15, -0.1) is 0 Å². The number of hydrogen-bond acceptors (Lipinski definition) is 4. The van der Waals surface area contributed by atoms with Gasteiger partial charge in [-0.1, -0.05) is 15.9 Å². The van der Waals surface area contributed by atoms with Gasteiger partial charge in [0, 0.05) is 16.1 Å². The summed E-state index contributed by atoms with van der Waals surface area (Å²) in [4.78, 5) is 12.5. The summed E-state index contributed by atoms with van der Waals surface area (Å²) in [5, 5.41) is 0. The van der Waals surface area contributed by atoms with Crippen LogP contribution in [0.25, 0.3) is 6.08 Å². The maximum absolute atomic E-state index is 12.5. The minimum Gasteiger partial charge on any atom is -0.496 e. The molecule has 0 spiro atoms. The number of Topliss-reactive ketones (excluding diaryl/α,β-unsaturated/α-hetero) is 1. The van der Waals surface area contributed by atoms with Gasteiger partial charge < -0.3 is 14.2 Å². The van der Waals surface area contributed by atoms with Crippen molar-refractivity contribution in [3.63, 3.8) is 0 Å². The third-order valence-electron chi connectivity index (χ3n) is 3.43. The molecule has 0 aromatic heterocycles. The van der Waals surface area contributed by atoms with Gasteiger partial charge in [-0.25, -0.2) is 0 Å². The van der Waals surface area contributed by atoms with E-state index in [0.717, 1.165) is 10.0 Å². The van der Waals surface area contributed by atoms with Crippen LogP contribution in [-0.4, -0.2) is 19.5 Å². The fraction of sp³-hybridized carbons (Fsp3) is 0.167. The zero-order valence-corrected chi connectivity index (χ0v) is 14.3. The van der Waals surface area contributed by atoms with Crippen LogP contribution in [0.3, 0.4) is 0 Å². The lowest BCUT2D eigenvalue weighted by Crippen LogP contribution is -1.98. The highest BCUT2D eigenvalue weighted by Gasteiger charge is 2.28. The fourth-order valence-corrected chi connectivity index (χ4v) is 2.76. The third-order valence-corrected chi connectivity index (χ3v) is 3.92. The number of allylic oxidation sites excluding steroid dienone is 1. The molecule has 1 aliphatic heterocycles. The lowest BCUT2D eigenvalue weighted by Gasteiger charge is -2.06. The molecule has 0 fully saturated rings. The smallest absolute Gasteiger partial charge is 0.231 e. The number of benzene rings is 2. The van der Waals surface area contributed by atoms with E-state index in [4.69, 9.17) is 14.2 Å². The number of rotatable bonds is 4. The molecule has 0 aliphatic carbocycles. The summed E-state index contributed by atoms with van der Waals surface area (Å²) in [5.74, 6) is 1.99. The maximum atomic E-state index is 12.5. The van der Waals surface area contributed by atoms with E-state index in [1.807, 2.05) is 25.1 Å². The van der Waals surface area contributed by atoms with Crippen molar-refractivity contribution in [3.05, 3.63) is 57.8 Å². The predicted molar refractivity (Wildman–Crippen MR) is 91.2 cm³/mol. The van der Waals surface area contributed by atoms with Crippen molar-refractivity contribution in [2.75, 3.05) is 13.7 Å². The molecule has 0 amide bonds. The molecule has 0 bridgehead atoms. The minimum absolute atomic E-state index is 0.148. The van der Waals surface area contributed by atoms with Crippen molar-refractivity contribution in [1.29, 1.82) is 0 Å². The molecular formula is C18H15BrO4. The highest BCUT2D eigenvalue weighted by Crippen LogP contribution is 2.36. The molecule has 4 nitrogen and oxygen atoms in total. The van der Waals surface area contributed by atoms with Crippen LogP contribution in [0.15, 0.2) is 46.6 Å². The summed E-state index contributed by atoms with van der Waals surface area (Å²) >= 11 is 3.42. The van der Waals surface area contributed by atoms with Crippen LogP contribution >= 0.6 is 15.9 Å². The zero-order valence-electron chi connectivity index (χ0n) is 12.8. The van der Waals surface area contributed by atoms with Gasteiger partial charge in [0.15, 0.2) is 5.76 Å². The number of methoxy groups -OCH3 is 1. The molecule has 1 heterocycles. The van der Waals surface area contributed by atoms with E-state index >= 15 is 0 Å². The summed E-state index contributed by atoms with van der Waals surface area (Å²) in [5.41, 5.74) is 1.30. The van der Waals surface area contributed by atoms with E-state index in [9.17, 15) is 4.79 Å². The van der Waals surface area contributed by atoms with Crippen molar-refractivity contribution in [3.8, 4) is 17.2 Å². The summed E-state index contributed by atoms with van der Waals surface area (Å²) < 4.78 is 17.4. The molecule has 0 unspecified atom stereocenters. The lowest BCUT2D eigenvalue weighted by molar-refractivity contribution is 0.101. The first kappa shape index (κ1) is 15.6. The Bertz CT molecular complexity index is 796. The maximum Gasteiger partial charge on any atom is 0.231 e. The molecule has 23 heavy (non-hydrogen) atoms. The van der Waals surface area contributed by atoms with Crippen LogP contribution < -0.4 is 14.2 Å². The van der Waals surface area contributed by atoms with E-state index in [0.29, 0.717) is 29.4 Å². The lowest BCUT2D eigenvalue weighted by atomic mass is 10.1. The first-order valence-corrected chi connectivity index (χ1v) is 7.96. The molecule has 0 saturated heterocycles. The molecular weight excluding hydrogens is 360 g/mol. The van der Waals surface area contributed by atoms with Gasteiger partial charge in [0.1, 0.15) is 17.2 Å². The topological polar surface area (TPSA) is 44.8 Å². The predicted octanol–water partition coefficient (Wildman–Crippen LogP) is 4.47.